The number of anilines is 2. The normalized spacial score (nSPS) is 17.4. The smallest absolute Gasteiger partial charge is 0.228 e. The van der Waals surface area contributed by atoms with Gasteiger partial charge in [-0.25, -0.2) is 0 Å². The Bertz CT molecular complexity index is 387. The Balaban J connectivity index is 2.13. The van der Waals surface area contributed by atoms with Crippen LogP contribution >= 0.6 is 0 Å². The number of benzene rings is 1. The Kier molecular flexibility index (Phi) is 1.27. The van der Waals surface area contributed by atoms with Gasteiger partial charge in [0.05, 0.1) is 12.8 Å². The zero-order valence-electron chi connectivity index (χ0n) is 7.39. The van der Waals surface area contributed by atoms with Gasteiger partial charge in [0.1, 0.15) is 0 Å². The molecule has 1 aromatic rings. The summed E-state index contributed by atoms with van der Waals surface area (Å²) in [6.07, 6.45) is 0.855. The third-order valence-electron chi connectivity index (χ3n) is 2.58. The third-order valence-corrected chi connectivity index (χ3v) is 2.58. The summed E-state index contributed by atoms with van der Waals surface area (Å²) in [5.41, 5.74) is 3.64. The number of amides is 2. The number of hydrogen-bond acceptors (Lipinski definition) is 2. The van der Waals surface area contributed by atoms with Gasteiger partial charge in [0.25, 0.3) is 0 Å². The summed E-state index contributed by atoms with van der Waals surface area (Å²) >= 11 is 0. The van der Waals surface area contributed by atoms with Crippen LogP contribution in [0.5, 0.6) is 0 Å². The minimum atomic E-state index is 0.0231. The van der Waals surface area contributed by atoms with Gasteiger partial charge in [-0.05, 0) is 17.2 Å². The fourth-order valence-corrected chi connectivity index (χ4v) is 1.96. The number of carbonyl (C=O) groups excluding carboxylic acids is 2. The first-order chi connectivity index (χ1) is 6.72. The average molecular weight is 188 g/mol. The van der Waals surface area contributed by atoms with Crippen molar-refractivity contribution in [3.05, 3.63) is 23.3 Å². The van der Waals surface area contributed by atoms with E-state index in [4.69, 9.17) is 0 Å². The van der Waals surface area contributed by atoms with E-state index in [2.05, 4.69) is 10.6 Å². The van der Waals surface area contributed by atoms with Gasteiger partial charge >= 0.3 is 0 Å². The lowest BCUT2D eigenvalue weighted by Crippen LogP contribution is -2.05. The summed E-state index contributed by atoms with van der Waals surface area (Å²) in [6.45, 7) is 0. The maximum absolute atomic E-state index is 11.1. The Morgan fingerprint density at radius 1 is 0.857 bits per heavy atom. The molecule has 2 N–H and O–H groups in total. The van der Waals surface area contributed by atoms with E-state index in [1.54, 1.807) is 0 Å². The Morgan fingerprint density at radius 3 is 1.86 bits per heavy atom. The topological polar surface area (TPSA) is 58.2 Å². The minimum Gasteiger partial charge on any atom is -0.325 e. The second kappa shape index (κ2) is 2.35. The lowest BCUT2D eigenvalue weighted by Gasteiger charge is -2.02. The van der Waals surface area contributed by atoms with Crippen molar-refractivity contribution in [2.75, 3.05) is 10.6 Å². The largest absolute Gasteiger partial charge is 0.325 e. The molecule has 1 aromatic carbocycles. The molecule has 2 aliphatic rings. The average Bonchev–Trinajstić information content (AvgIpc) is 2.59. The van der Waals surface area contributed by atoms with Gasteiger partial charge in [-0.3, -0.25) is 9.59 Å². The van der Waals surface area contributed by atoms with Crippen LogP contribution < -0.4 is 10.6 Å². The highest BCUT2D eigenvalue weighted by atomic mass is 16.2. The molecule has 2 aliphatic heterocycles. The fraction of sp³-hybridized carbons (Fsp3) is 0.200. The van der Waals surface area contributed by atoms with E-state index in [1.807, 2.05) is 12.1 Å². The van der Waals surface area contributed by atoms with Gasteiger partial charge in [-0.1, -0.05) is 6.07 Å². The highest BCUT2D eigenvalue weighted by Crippen LogP contribution is 2.32. The summed E-state index contributed by atoms with van der Waals surface area (Å²) in [5, 5.41) is 5.50. The third kappa shape index (κ3) is 0.937. The lowest BCUT2D eigenvalue weighted by atomic mass is 10.1. The van der Waals surface area contributed by atoms with E-state index in [9.17, 15) is 9.59 Å². The number of hydrogen-bond donors (Lipinski definition) is 2. The number of rotatable bonds is 0. The van der Waals surface area contributed by atoms with E-state index in [-0.39, 0.29) is 11.8 Å². The molecule has 3 rings (SSSR count). The standard InChI is InChI=1S/C10H8N2O2/c13-9-2-5-1-6-3-10(14)12-8(6)4-7(5)11-9/h1,4H,2-3H2,(H,11,13)(H,12,14). The van der Waals surface area contributed by atoms with Gasteiger partial charge in [0.15, 0.2) is 0 Å². The Labute approximate surface area is 80.3 Å². The van der Waals surface area contributed by atoms with Crippen LogP contribution in [0.25, 0.3) is 0 Å². The van der Waals surface area contributed by atoms with Crippen molar-refractivity contribution >= 4 is 23.2 Å². The monoisotopic (exact) mass is 188 g/mol. The summed E-state index contributed by atoms with van der Waals surface area (Å²) < 4.78 is 0. The predicted octanol–water partition coefficient (Wildman–Crippen LogP) is 0.676. The Hall–Kier alpha value is -1.84. The molecule has 0 atom stereocenters. The molecule has 0 radical (unpaired) electrons. The second-order valence-electron chi connectivity index (χ2n) is 3.62. The molecule has 0 unspecified atom stereocenters. The summed E-state index contributed by atoms with van der Waals surface area (Å²) in [7, 11) is 0. The maximum atomic E-state index is 11.1. The molecule has 2 heterocycles. The van der Waals surface area contributed by atoms with Crippen molar-refractivity contribution in [1.29, 1.82) is 0 Å². The van der Waals surface area contributed by atoms with Crippen molar-refractivity contribution in [1.82, 2.24) is 0 Å². The first-order valence-corrected chi connectivity index (χ1v) is 4.48. The van der Waals surface area contributed by atoms with Gasteiger partial charge in [0, 0.05) is 11.4 Å². The van der Waals surface area contributed by atoms with Crippen LogP contribution in [0.2, 0.25) is 0 Å². The van der Waals surface area contributed by atoms with Crippen molar-refractivity contribution in [2.24, 2.45) is 0 Å². The lowest BCUT2D eigenvalue weighted by molar-refractivity contribution is -0.115. The van der Waals surface area contributed by atoms with Crippen LogP contribution in [-0.4, -0.2) is 11.8 Å². The molecule has 2 amide bonds. The fourth-order valence-electron chi connectivity index (χ4n) is 1.96. The molecule has 0 fully saturated rings. The zero-order chi connectivity index (χ0) is 9.71. The van der Waals surface area contributed by atoms with Gasteiger partial charge in [-0.2, -0.15) is 0 Å². The molecular formula is C10H8N2O2. The van der Waals surface area contributed by atoms with Crippen LogP contribution in [0, 0.1) is 0 Å². The first-order valence-electron chi connectivity index (χ1n) is 4.48. The number of carbonyl (C=O) groups is 2. The van der Waals surface area contributed by atoms with E-state index in [0.717, 1.165) is 22.5 Å². The molecule has 0 saturated carbocycles. The predicted molar refractivity (Wildman–Crippen MR) is 51.1 cm³/mol. The van der Waals surface area contributed by atoms with Crippen molar-refractivity contribution in [2.45, 2.75) is 12.8 Å². The molecule has 4 nitrogen and oxygen atoms in total. The van der Waals surface area contributed by atoms with E-state index in [1.165, 1.54) is 0 Å². The number of fused-ring (bicyclic) bond motifs is 2. The van der Waals surface area contributed by atoms with Crippen LogP contribution in [-0.2, 0) is 22.4 Å². The molecular weight excluding hydrogens is 180 g/mol. The molecule has 70 valence electrons. The molecule has 0 aliphatic carbocycles. The van der Waals surface area contributed by atoms with Crippen molar-refractivity contribution in [3.63, 3.8) is 0 Å². The van der Waals surface area contributed by atoms with E-state index < -0.39 is 0 Å². The zero-order valence-corrected chi connectivity index (χ0v) is 7.39. The second-order valence-corrected chi connectivity index (χ2v) is 3.62. The summed E-state index contributed by atoms with van der Waals surface area (Å²) in [5.74, 6) is 0.0463. The highest BCUT2D eigenvalue weighted by molar-refractivity contribution is 6.04. The van der Waals surface area contributed by atoms with Gasteiger partial charge in [0.2, 0.25) is 11.8 Å². The van der Waals surface area contributed by atoms with Crippen LogP contribution in [0.4, 0.5) is 11.4 Å². The van der Waals surface area contributed by atoms with Gasteiger partial charge < -0.3 is 10.6 Å². The molecule has 0 saturated heterocycles. The first kappa shape index (κ1) is 7.55. The van der Waals surface area contributed by atoms with Gasteiger partial charge in [-0.15, -0.1) is 0 Å². The summed E-state index contributed by atoms with van der Waals surface area (Å²) in [6, 6.07) is 3.76. The molecule has 0 aromatic heterocycles. The van der Waals surface area contributed by atoms with Crippen LogP contribution in [0.3, 0.4) is 0 Å². The SMILES string of the molecule is O=C1Cc2cc3c(cc2N1)NC(=O)C3. The quantitative estimate of drug-likeness (QED) is 0.628. The molecule has 0 bridgehead atoms. The van der Waals surface area contributed by atoms with Crippen molar-refractivity contribution in [3.8, 4) is 0 Å². The van der Waals surface area contributed by atoms with Crippen LogP contribution in [0.15, 0.2) is 12.1 Å². The summed E-state index contributed by atoms with van der Waals surface area (Å²) in [4.78, 5) is 22.2. The Morgan fingerprint density at radius 2 is 1.36 bits per heavy atom. The van der Waals surface area contributed by atoms with Crippen LogP contribution in [0.1, 0.15) is 11.1 Å². The minimum absolute atomic E-state index is 0.0231. The van der Waals surface area contributed by atoms with E-state index in [0.29, 0.717) is 12.8 Å². The maximum Gasteiger partial charge on any atom is 0.228 e. The number of nitrogens with one attached hydrogen (secondary N) is 2. The molecule has 4 heteroatoms. The molecule has 0 spiro atoms. The van der Waals surface area contributed by atoms with E-state index >= 15 is 0 Å². The molecule has 14 heavy (non-hydrogen) atoms. The van der Waals surface area contributed by atoms with Crippen molar-refractivity contribution < 1.29 is 9.59 Å². The highest BCUT2D eigenvalue weighted by Gasteiger charge is 2.24.